The summed E-state index contributed by atoms with van der Waals surface area (Å²) >= 11 is 0. The number of nitrogens with one attached hydrogen (secondary N) is 2. The lowest BCUT2D eigenvalue weighted by atomic mass is 9.83. The van der Waals surface area contributed by atoms with Crippen molar-refractivity contribution in [2.75, 3.05) is 6.54 Å². The highest BCUT2D eigenvalue weighted by atomic mass is 16.2. The van der Waals surface area contributed by atoms with Crippen molar-refractivity contribution in [3.63, 3.8) is 0 Å². The number of hydrogen-bond acceptors (Lipinski definition) is 4. The van der Waals surface area contributed by atoms with Crippen molar-refractivity contribution < 1.29 is 9.59 Å². The molecule has 0 fully saturated rings. The third-order valence-corrected chi connectivity index (χ3v) is 4.21. The molecule has 0 radical (unpaired) electrons. The normalized spacial score (nSPS) is 15.2. The number of nitrogens with zero attached hydrogens (tertiary/aromatic N) is 3. The molecule has 24 heavy (non-hydrogen) atoms. The highest BCUT2D eigenvalue weighted by molar-refractivity contribution is 6.10. The Kier molecular flexibility index (Phi) is 3.76. The first-order valence-electron chi connectivity index (χ1n) is 7.75. The van der Waals surface area contributed by atoms with Crippen LogP contribution in [0.15, 0.2) is 18.5 Å². The van der Waals surface area contributed by atoms with Gasteiger partial charge in [-0.1, -0.05) is 20.8 Å². The second kappa shape index (κ2) is 5.64. The van der Waals surface area contributed by atoms with E-state index in [2.05, 4.69) is 15.3 Å². The van der Waals surface area contributed by atoms with E-state index in [9.17, 15) is 9.59 Å². The minimum atomic E-state index is -0.676. The van der Waals surface area contributed by atoms with E-state index >= 15 is 0 Å². The first-order valence-corrected chi connectivity index (χ1v) is 7.75. The number of aromatic amines is 1. The van der Waals surface area contributed by atoms with Gasteiger partial charge in [-0.3, -0.25) is 9.59 Å². The van der Waals surface area contributed by atoms with Crippen LogP contribution in [0.1, 0.15) is 36.7 Å². The lowest BCUT2D eigenvalue weighted by Crippen LogP contribution is -2.56. The second-order valence-corrected chi connectivity index (χ2v) is 6.97. The van der Waals surface area contributed by atoms with Crippen LogP contribution in [0.3, 0.4) is 0 Å². The van der Waals surface area contributed by atoms with E-state index in [4.69, 9.17) is 5.26 Å². The van der Waals surface area contributed by atoms with E-state index in [0.29, 0.717) is 17.8 Å². The number of aromatic nitrogens is 2. The summed E-state index contributed by atoms with van der Waals surface area (Å²) in [7, 11) is 0. The van der Waals surface area contributed by atoms with Crippen LogP contribution in [0.4, 0.5) is 0 Å². The fraction of sp³-hybridized carbons (Fsp3) is 0.412. The molecular formula is C17H19N5O2. The molecule has 0 saturated carbocycles. The molecule has 1 aliphatic rings. The maximum Gasteiger partial charge on any atom is 0.257 e. The van der Waals surface area contributed by atoms with Crippen molar-refractivity contribution in [2.45, 2.75) is 33.4 Å². The number of amides is 2. The Morgan fingerprint density at radius 1 is 1.54 bits per heavy atom. The number of carbonyl (C=O) groups excluding carboxylic acids is 2. The molecule has 0 aromatic carbocycles. The number of pyridine rings is 1. The standard InChI is InChI=1S/C17H19N5O2/c1-17(2,3)13(15(23)20-7-5-18)22-9-10-4-6-19-14-12(10)11(8-21-14)16(22)24/h4,6,8,13H,7,9H2,1-3H3,(H,19,21)(H,20,23)/t13-/m0/s1. The summed E-state index contributed by atoms with van der Waals surface area (Å²) in [6, 6.07) is 3.09. The molecule has 124 valence electrons. The third-order valence-electron chi connectivity index (χ3n) is 4.21. The Labute approximate surface area is 139 Å². The highest BCUT2D eigenvalue weighted by Crippen LogP contribution is 2.34. The molecule has 0 unspecified atom stereocenters. The van der Waals surface area contributed by atoms with Crippen molar-refractivity contribution in [3.05, 3.63) is 29.6 Å². The van der Waals surface area contributed by atoms with E-state index in [1.807, 2.05) is 32.9 Å². The van der Waals surface area contributed by atoms with E-state index < -0.39 is 11.5 Å². The van der Waals surface area contributed by atoms with Crippen LogP contribution in [0.25, 0.3) is 11.0 Å². The average molecular weight is 325 g/mol. The zero-order valence-corrected chi connectivity index (χ0v) is 13.9. The number of rotatable bonds is 3. The highest BCUT2D eigenvalue weighted by Gasteiger charge is 2.41. The van der Waals surface area contributed by atoms with Crippen LogP contribution in [0, 0.1) is 16.7 Å². The molecule has 1 aliphatic heterocycles. The number of H-pyrrole nitrogens is 1. The topological polar surface area (TPSA) is 102 Å². The Morgan fingerprint density at radius 3 is 2.96 bits per heavy atom. The van der Waals surface area contributed by atoms with Crippen LogP contribution < -0.4 is 5.32 Å². The summed E-state index contributed by atoms with van der Waals surface area (Å²) in [4.78, 5) is 34.4. The maximum atomic E-state index is 13.0. The van der Waals surface area contributed by atoms with Gasteiger partial charge < -0.3 is 15.2 Å². The fourth-order valence-corrected chi connectivity index (χ4v) is 3.27. The molecule has 0 saturated heterocycles. The largest absolute Gasteiger partial charge is 0.345 e. The van der Waals surface area contributed by atoms with E-state index in [0.717, 1.165) is 10.9 Å². The zero-order valence-electron chi connectivity index (χ0n) is 13.9. The molecule has 2 aromatic heterocycles. The molecule has 3 rings (SSSR count). The summed E-state index contributed by atoms with van der Waals surface area (Å²) in [6.45, 7) is 5.98. The summed E-state index contributed by atoms with van der Waals surface area (Å²) in [5, 5.41) is 12.1. The van der Waals surface area contributed by atoms with Crippen LogP contribution in [0.5, 0.6) is 0 Å². The first kappa shape index (κ1) is 16.0. The number of carbonyl (C=O) groups is 2. The Bertz CT molecular complexity index is 856. The third kappa shape index (κ3) is 2.50. The van der Waals surface area contributed by atoms with Crippen LogP contribution >= 0.6 is 0 Å². The van der Waals surface area contributed by atoms with Crippen LogP contribution in [0.2, 0.25) is 0 Å². The van der Waals surface area contributed by atoms with E-state index in [1.165, 1.54) is 0 Å². The van der Waals surface area contributed by atoms with Gasteiger partial charge in [0.05, 0.1) is 11.6 Å². The molecule has 7 heteroatoms. The molecule has 7 nitrogen and oxygen atoms in total. The predicted molar refractivity (Wildman–Crippen MR) is 87.8 cm³/mol. The smallest absolute Gasteiger partial charge is 0.257 e. The summed E-state index contributed by atoms with van der Waals surface area (Å²) < 4.78 is 0. The van der Waals surface area contributed by atoms with Gasteiger partial charge in [-0.25, -0.2) is 4.98 Å². The lowest BCUT2D eigenvalue weighted by molar-refractivity contribution is -0.129. The molecule has 1 atom stereocenters. The van der Waals surface area contributed by atoms with Crippen LogP contribution in [-0.2, 0) is 11.3 Å². The van der Waals surface area contributed by atoms with Gasteiger partial charge in [0.15, 0.2) is 0 Å². The first-order chi connectivity index (χ1) is 11.3. The van der Waals surface area contributed by atoms with Gasteiger partial charge in [0, 0.05) is 24.3 Å². The fourth-order valence-electron chi connectivity index (χ4n) is 3.27. The molecular weight excluding hydrogens is 306 g/mol. The molecule has 0 bridgehead atoms. The minimum Gasteiger partial charge on any atom is -0.345 e. The molecule has 0 aliphatic carbocycles. The van der Waals surface area contributed by atoms with Gasteiger partial charge in [-0.15, -0.1) is 0 Å². The molecule has 0 spiro atoms. The van der Waals surface area contributed by atoms with Crippen LogP contribution in [-0.4, -0.2) is 39.3 Å². The lowest BCUT2D eigenvalue weighted by Gasteiger charge is -2.40. The van der Waals surface area contributed by atoms with E-state index in [1.54, 1.807) is 17.3 Å². The van der Waals surface area contributed by atoms with Gasteiger partial charge in [-0.05, 0) is 17.0 Å². The monoisotopic (exact) mass is 325 g/mol. The molecule has 2 amide bonds. The molecule has 2 N–H and O–H groups in total. The average Bonchev–Trinajstić information content (AvgIpc) is 2.94. The van der Waals surface area contributed by atoms with Crippen molar-refractivity contribution in [1.29, 1.82) is 5.26 Å². The summed E-state index contributed by atoms with van der Waals surface area (Å²) in [5.41, 5.74) is 1.69. The van der Waals surface area contributed by atoms with Crippen molar-refractivity contribution in [3.8, 4) is 6.07 Å². The van der Waals surface area contributed by atoms with Gasteiger partial charge in [0.25, 0.3) is 5.91 Å². The van der Waals surface area contributed by atoms with Gasteiger partial charge >= 0.3 is 0 Å². The molecule has 2 aromatic rings. The number of nitriles is 1. The quantitative estimate of drug-likeness (QED) is 0.836. The zero-order chi connectivity index (χ0) is 17.5. The van der Waals surface area contributed by atoms with Crippen molar-refractivity contribution in [1.82, 2.24) is 20.2 Å². The molecule has 3 heterocycles. The van der Waals surface area contributed by atoms with Gasteiger partial charge in [-0.2, -0.15) is 5.26 Å². The van der Waals surface area contributed by atoms with Gasteiger partial charge in [0.1, 0.15) is 18.2 Å². The minimum absolute atomic E-state index is 0.0810. The van der Waals surface area contributed by atoms with Crippen molar-refractivity contribution in [2.24, 2.45) is 5.41 Å². The Hall–Kier alpha value is -2.88. The summed E-state index contributed by atoms with van der Waals surface area (Å²) in [5.74, 6) is -0.518. The SMILES string of the molecule is CC(C)(C)[C@H](C(=O)NCC#N)N1Cc2ccnc3[nH]cc(c23)C1=O. The predicted octanol–water partition coefficient (Wildman–Crippen LogP) is 1.57. The Morgan fingerprint density at radius 2 is 2.29 bits per heavy atom. The maximum absolute atomic E-state index is 13.0. The van der Waals surface area contributed by atoms with E-state index in [-0.39, 0.29) is 18.4 Å². The Balaban J connectivity index is 2.03. The summed E-state index contributed by atoms with van der Waals surface area (Å²) in [6.07, 6.45) is 3.33. The second-order valence-electron chi connectivity index (χ2n) is 6.97. The van der Waals surface area contributed by atoms with Gasteiger partial charge in [0.2, 0.25) is 5.91 Å². The van der Waals surface area contributed by atoms with Crippen molar-refractivity contribution >= 4 is 22.8 Å². The number of hydrogen-bond donors (Lipinski definition) is 2.